The van der Waals surface area contributed by atoms with E-state index in [-0.39, 0.29) is 17.8 Å². The van der Waals surface area contributed by atoms with Gasteiger partial charge in [0.15, 0.2) is 0 Å². The van der Waals surface area contributed by atoms with Crippen LogP contribution in [0, 0.1) is 5.82 Å². The Morgan fingerprint density at radius 2 is 1.95 bits per heavy atom. The topological polar surface area (TPSA) is 29.1 Å². The van der Waals surface area contributed by atoms with Crippen LogP contribution in [0.15, 0.2) is 53.0 Å². The van der Waals surface area contributed by atoms with Gasteiger partial charge in [0.05, 0.1) is 6.04 Å². The molecule has 0 aliphatic heterocycles. The summed E-state index contributed by atoms with van der Waals surface area (Å²) in [5.41, 5.74) is 1.02. The monoisotopic (exact) mass is 321 g/mol. The van der Waals surface area contributed by atoms with Gasteiger partial charge in [-0.25, -0.2) is 4.39 Å². The SMILES string of the molecule is CC(NC(=O)c1cccc(Br)c1)c1ccccc1F. The normalized spacial score (nSPS) is 11.9. The van der Waals surface area contributed by atoms with Crippen LogP contribution in [-0.2, 0) is 0 Å². The number of rotatable bonds is 3. The summed E-state index contributed by atoms with van der Waals surface area (Å²) >= 11 is 3.31. The molecule has 19 heavy (non-hydrogen) atoms. The van der Waals surface area contributed by atoms with Crippen molar-refractivity contribution in [2.75, 3.05) is 0 Å². The summed E-state index contributed by atoms with van der Waals surface area (Å²) in [5, 5.41) is 2.78. The molecule has 1 atom stereocenters. The minimum Gasteiger partial charge on any atom is -0.345 e. The number of nitrogens with one attached hydrogen (secondary N) is 1. The number of amides is 1. The fraction of sp³-hybridized carbons (Fsp3) is 0.133. The minimum absolute atomic E-state index is 0.225. The number of hydrogen-bond acceptors (Lipinski definition) is 1. The molecule has 0 aromatic heterocycles. The van der Waals surface area contributed by atoms with Crippen molar-refractivity contribution < 1.29 is 9.18 Å². The molecule has 0 fully saturated rings. The summed E-state index contributed by atoms with van der Waals surface area (Å²) in [6.45, 7) is 1.76. The van der Waals surface area contributed by atoms with E-state index in [2.05, 4.69) is 21.2 Å². The molecule has 1 N–H and O–H groups in total. The van der Waals surface area contributed by atoms with E-state index >= 15 is 0 Å². The van der Waals surface area contributed by atoms with Crippen molar-refractivity contribution in [2.45, 2.75) is 13.0 Å². The summed E-state index contributed by atoms with van der Waals surface area (Å²) in [7, 11) is 0. The Kier molecular flexibility index (Phi) is 4.32. The summed E-state index contributed by atoms with van der Waals surface area (Å²) in [6.07, 6.45) is 0. The highest BCUT2D eigenvalue weighted by Gasteiger charge is 2.14. The minimum atomic E-state index is -0.382. The lowest BCUT2D eigenvalue weighted by molar-refractivity contribution is 0.0939. The molecule has 2 nitrogen and oxygen atoms in total. The molecule has 2 aromatic carbocycles. The number of halogens is 2. The zero-order chi connectivity index (χ0) is 13.8. The first-order valence-electron chi connectivity index (χ1n) is 5.89. The Morgan fingerprint density at radius 1 is 1.21 bits per heavy atom. The molecule has 98 valence electrons. The van der Waals surface area contributed by atoms with Crippen LogP contribution in [0.5, 0.6) is 0 Å². The zero-order valence-corrected chi connectivity index (χ0v) is 11.9. The molecule has 1 amide bonds. The molecular weight excluding hydrogens is 309 g/mol. The lowest BCUT2D eigenvalue weighted by Crippen LogP contribution is -2.27. The molecule has 0 radical (unpaired) electrons. The van der Waals surface area contributed by atoms with Crippen molar-refractivity contribution in [1.82, 2.24) is 5.32 Å². The van der Waals surface area contributed by atoms with E-state index in [0.29, 0.717) is 11.1 Å². The predicted octanol–water partition coefficient (Wildman–Crippen LogP) is 4.08. The molecule has 0 spiro atoms. The van der Waals surface area contributed by atoms with Crippen molar-refractivity contribution in [1.29, 1.82) is 0 Å². The van der Waals surface area contributed by atoms with E-state index < -0.39 is 0 Å². The standard InChI is InChI=1S/C15H13BrFNO/c1-10(13-7-2-3-8-14(13)17)18-15(19)11-5-4-6-12(16)9-11/h2-10H,1H3,(H,18,19). The van der Waals surface area contributed by atoms with Crippen LogP contribution in [0.25, 0.3) is 0 Å². The number of benzene rings is 2. The van der Waals surface area contributed by atoms with Crippen molar-refractivity contribution in [3.63, 3.8) is 0 Å². The largest absolute Gasteiger partial charge is 0.345 e. The highest BCUT2D eigenvalue weighted by molar-refractivity contribution is 9.10. The third kappa shape index (κ3) is 3.41. The summed E-state index contributed by atoms with van der Waals surface area (Å²) in [6, 6.07) is 13.1. The first kappa shape index (κ1) is 13.7. The maximum atomic E-state index is 13.6. The van der Waals surface area contributed by atoms with Gasteiger partial charge in [-0.05, 0) is 31.2 Å². The van der Waals surface area contributed by atoms with E-state index in [4.69, 9.17) is 0 Å². The van der Waals surface area contributed by atoms with Gasteiger partial charge in [0, 0.05) is 15.6 Å². The van der Waals surface area contributed by atoms with Gasteiger partial charge in [0.25, 0.3) is 5.91 Å². The van der Waals surface area contributed by atoms with E-state index in [1.165, 1.54) is 6.07 Å². The zero-order valence-electron chi connectivity index (χ0n) is 10.4. The molecule has 0 aliphatic rings. The lowest BCUT2D eigenvalue weighted by Gasteiger charge is -2.15. The van der Waals surface area contributed by atoms with Crippen molar-refractivity contribution in [2.24, 2.45) is 0 Å². The average molecular weight is 322 g/mol. The molecule has 0 saturated heterocycles. The Labute approximate surface area is 119 Å². The second-order valence-corrected chi connectivity index (χ2v) is 5.14. The van der Waals surface area contributed by atoms with Gasteiger partial charge in [-0.2, -0.15) is 0 Å². The van der Waals surface area contributed by atoms with Crippen LogP contribution in [0.1, 0.15) is 28.9 Å². The van der Waals surface area contributed by atoms with Gasteiger partial charge in [0.1, 0.15) is 5.82 Å². The van der Waals surface area contributed by atoms with Gasteiger partial charge in [-0.3, -0.25) is 4.79 Å². The maximum Gasteiger partial charge on any atom is 0.251 e. The van der Waals surface area contributed by atoms with E-state index in [0.717, 1.165) is 4.47 Å². The first-order chi connectivity index (χ1) is 9.08. The molecule has 0 aliphatic carbocycles. The van der Waals surface area contributed by atoms with Gasteiger partial charge in [0.2, 0.25) is 0 Å². The van der Waals surface area contributed by atoms with Crippen LogP contribution in [0.3, 0.4) is 0 Å². The highest BCUT2D eigenvalue weighted by Crippen LogP contribution is 2.17. The molecule has 2 rings (SSSR count). The Hall–Kier alpha value is -1.68. The Balaban J connectivity index is 2.13. The van der Waals surface area contributed by atoms with Crippen molar-refractivity contribution in [3.8, 4) is 0 Å². The van der Waals surface area contributed by atoms with Crippen LogP contribution < -0.4 is 5.32 Å². The van der Waals surface area contributed by atoms with Crippen molar-refractivity contribution in [3.05, 3.63) is 69.9 Å². The summed E-state index contributed by atoms with van der Waals surface area (Å²) in [5.74, 6) is -0.540. The second kappa shape index (κ2) is 5.97. The maximum absolute atomic E-state index is 13.6. The smallest absolute Gasteiger partial charge is 0.251 e. The van der Waals surface area contributed by atoms with Crippen molar-refractivity contribution >= 4 is 21.8 Å². The molecule has 0 saturated carbocycles. The molecule has 0 bridgehead atoms. The van der Waals surface area contributed by atoms with Gasteiger partial charge < -0.3 is 5.32 Å². The first-order valence-corrected chi connectivity index (χ1v) is 6.68. The summed E-state index contributed by atoms with van der Waals surface area (Å²) in [4.78, 5) is 12.0. The van der Waals surface area contributed by atoms with E-state index in [1.54, 1.807) is 43.3 Å². The average Bonchev–Trinajstić information content (AvgIpc) is 2.39. The van der Waals surface area contributed by atoms with Crippen LogP contribution in [0.2, 0.25) is 0 Å². The van der Waals surface area contributed by atoms with Crippen LogP contribution in [-0.4, -0.2) is 5.91 Å². The molecule has 0 heterocycles. The highest BCUT2D eigenvalue weighted by atomic mass is 79.9. The van der Waals surface area contributed by atoms with E-state index in [9.17, 15) is 9.18 Å². The van der Waals surface area contributed by atoms with Gasteiger partial charge >= 0.3 is 0 Å². The second-order valence-electron chi connectivity index (χ2n) is 4.23. The van der Waals surface area contributed by atoms with E-state index in [1.807, 2.05) is 6.07 Å². The third-order valence-electron chi connectivity index (χ3n) is 2.81. The quantitative estimate of drug-likeness (QED) is 0.906. The Morgan fingerprint density at radius 3 is 2.63 bits per heavy atom. The molecular formula is C15H13BrFNO. The number of carbonyl (C=O) groups is 1. The fourth-order valence-electron chi connectivity index (χ4n) is 1.81. The van der Waals surface area contributed by atoms with Gasteiger partial charge in [-0.1, -0.05) is 40.2 Å². The fourth-order valence-corrected chi connectivity index (χ4v) is 2.21. The number of carbonyl (C=O) groups excluding carboxylic acids is 1. The molecule has 4 heteroatoms. The third-order valence-corrected chi connectivity index (χ3v) is 3.30. The van der Waals surface area contributed by atoms with Crippen LogP contribution >= 0.6 is 15.9 Å². The molecule has 1 unspecified atom stereocenters. The van der Waals surface area contributed by atoms with Gasteiger partial charge in [-0.15, -0.1) is 0 Å². The number of hydrogen-bond donors (Lipinski definition) is 1. The summed E-state index contributed by atoms with van der Waals surface area (Å²) < 4.78 is 14.4. The molecule has 2 aromatic rings. The Bertz CT molecular complexity index is 600. The predicted molar refractivity (Wildman–Crippen MR) is 76.4 cm³/mol. The lowest BCUT2D eigenvalue weighted by atomic mass is 10.1. The van der Waals surface area contributed by atoms with Crippen LogP contribution in [0.4, 0.5) is 4.39 Å².